The van der Waals surface area contributed by atoms with E-state index < -0.39 is 0 Å². The Hall–Kier alpha value is -1.95. The van der Waals surface area contributed by atoms with Crippen molar-refractivity contribution in [3.05, 3.63) is 29.3 Å². The lowest BCUT2D eigenvalue weighted by Crippen LogP contribution is -1.94. The quantitative estimate of drug-likeness (QED) is 0.797. The van der Waals surface area contributed by atoms with Crippen molar-refractivity contribution >= 4 is 22.0 Å². The van der Waals surface area contributed by atoms with Gasteiger partial charge in [0.05, 0.1) is 0 Å². The summed E-state index contributed by atoms with van der Waals surface area (Å²) in [6.07, 6.45) is 0. The Balaban J connectivity index is 2.13. The molecule has 1 aromatic carbocycles. The van der Waals surface area contributed by atoms with Crippen LogP contribution in [0.5, 0.6) is 0 Å². The number of hydrogen-bond acceptors (Lipinski definition) is 5. The second-order valence-corrected chi connectivity index (χ2v) is 5.63. The minimum atomic E-state index is 0.406. The molecule has 0 unspecified atom stereocenters. The molecular formula is C13H15N5S. The Labute approximate surface area is 115 Å². The number of nitrogens with zero attached hydrogens (tertiary/aromatic N) is 4. The summed E-state index contributed by atoms with van der Waals surface area (Å²) in [5.74, 6) is 1.19. The number of anilines is 1. The monoisotopic (exact) mass is 273 g/mol. The molecule has 0 saturated heterocycles. The van der Waals surface area contributed by atoms with Crippen molar-refractivity contribution in [3.8, 4) is 11.4 Å². The topological polar surface area (TPSA) is 55.1 Å². The molecule has 19 heavy (non-hydrogen) atoms. The fraction of sp³-hybridized carbons (Fsp3) is 0.308. The molecule has 0 fully saturated rings. The predicted molar refractivity (Wildman–Crippen MR) is 77.7 cm³/mol. The molecule has 2 aromatic heterocycles. The zero-order valence-corrected chi connectivity index (χ0v) is 11.9. The standard InChI is InChI=1S/C13H15N5S/c1-8(2)12-17-18-11(15-16-13(18)19-12)9-5-4-6-10(7-9)14-3/h4-8,14H,1-3H3. The molecule has 0 radical (unpaired) electrons. The Morgan fingerprint density at radius 2 is 2.11 bits per heavy atom. The molecule has 0 aliphatic carbocycles. The number of fused-ring (bicyclic) bond motifs is 1. The highest BCUT2D eigenvalue weighted by Crippen LogP contribution is 2.26. The lowest BCUT2D eigenvalue weighted by Gasteiger charge is -2.02. The van der Waals surface area contributed by atoms with Gasteiger partial charge in [-0.3, -0.25) is 0 Å². The zero-order valence-electron chi connectivity index (χ0n) is 11.1. The Morgan fingerprint density at radius 1 is 1.26 bits per heavy atom. The molecule has 1 N–H and O–H groups in total. The summed E-state index contributed by atoms with van der Waals surface area (Å²) in [6, 6.07) is 8.08. The minimum Gasteiger partial charge on any atom is -0.388 e. The molecule has 3 rings (SSSR count). The van der Waals surface area contributed by atoms with Crippen molar-refractivity contribution in [1.82, 2.24) is 19.8 Å². The summed E-state index contributed by atoms with van der Waals surface area (Å²) < 4.78 is 1.83. The van der Waals surface area contributed by atoms with Crippen molar-refractivity contribution in [1.29, 1.82) is 0 Å². The predicted octanol–water partition coefficient (Wildman–Crippen LogP) is 3.02. The first-order chi connectivity index (χ1) is 9.19. The first-order valence-corrected chi connectivity index (χ1v) is 7.01. The molecule has 0 atom stereocenters. The summed E-state index contributed by atoms with van der Waals surface area (Å²) in [7, 11) is 1.90. The largest absolute Gasteiger partial charge is 0.388 e. The van der Waals surface area contributed by atoms with E-state index in [1.807, 2.05) is 35.8 Å². The second-order valence-electron chi connectivity index (χ2n) is 4.64. The van der Waals surface area contributed by atoms with Gasteiger partial charge in [-0.05, 0) is 12.1 Å². The molecule has 98 valence electrons. The van der Waals surface area contributed by atoms with Crippen LogP contribution in [0.15, 0.2) is 24.3 Å². The number of nitrogens with one attached hydrogen (secondary N) is 1. The normalized spacial score (nSPS) is 11.4. The van der Waals surface area contributed by atoms with Crippen LogP contribution < -0.4 is 5.32 Å². The van der Waals surface area contributed by atoms with Gasteiger partial charge in [-0.25, -0.2) is 0 Å². The Morgan fingerprint density at radius 3 is 2.84 bits per heavy atom. The number of aromatic nitrogens is 4. The van der Waals surface area contributed by atoms with Gasteiger partial charge in [0.1, 0.15) is 5.01 Å². The summed E-state index contributed by atoms with van der Waals surface area (Å²) in [4.78, 5) is 0.841. The van der Waals surface area contributed by atoms with E-state index in [9.17, 15) is 0 Å². The number of benzene rings is 1. The highest BCUT2D eigenvalue weighted by molar-refractivity contribution is 7.16. The van der Waals surface area contributed by atoms with Crippen molar-refractivity contribution in [2.45, 2.75) is 19.8 Å². The SMILES string of the molecule is CNc1cccc(-c2nnc3sc(C(C)C)nn23)c1. The van der Waals surface area contributed by atoms with Crippen LogP contribution in [0.1, 0.15) is 24.8 Å². The van der Waals surface area contributed by atoms with E-state index in [2.05, 4.69) is 34.5 Å². The van der Waals surface area contributed by atoms with Crippen LogP contribution in [0.3, 0.4) is 0 Å². The molecule has 3 aromatic rings. The molecule has 0 bridgehead atoms. The maximum absolute atomic E-state index is 4.59. The first-order valence-electron chi connectivity index (χ1n) is 6.19. The molecule has 5 nitrogen and oxygen atoms in total. The van der Waals surface area contributed by atoms with Crippen molar-refractivity contribution < 1.29 is 0 Å². The van der Waals surface area contributed by atoms with Gasteiger partial charge in [0.2, 0.25) is 4.96 Å². The molecular weight excluding hydrogens is 258 g/mol. The number of hydrogen-bond donors (Lipinski definition) is 1. The maximum Gasteiger partial charge on any atom is 0.234 e. The van der Waals surface area contributed by atoms with Gasteiger partial charge in [-0.2, -0.15) is 9.61 Å². The maximum atomic E-state index is 4.59. The van der Waals surface area contributed by atoms with Gasteiger partial charge in [0.15, 0.2) is 5.82 Å². The van der Waals surface area contributed by atoms with Gasteiger partial charge in [0.25, 0.3) is 0 Å². The van der Waals surface area contributed by atoms with Gasteiger partial charge in [-0.1, -0.05) is 37.3 Å². The van der Waals surface area contributed by atoms with Crippen LogP contribution in [0, 0.1) is 0 Å². The van der Waals surface area contributed by atoms with Crippen LogP contribution in [0.25, 0.3) is 16.3 Å². The van der Waals surface area contributed by atoms with Crippen LogP contribution >= 0.6 is 11.3 Å². The van der Waals surface area contributed by atoms with E-state index >= 15 is 0 Å². The molecule has 0 spiro atoms. The third-order valence-corrected chi connectivity index (χ3v) is 4.11. The van der Waals surface area contributed by atoms with Gasteiger partial charge >= 0.3 is 0 Å². The Bertz CT molecular complexity index is 713. The van der Waals surface area contributed by atoms with Crippen LogP contribution in [-0.4, -0.2) is 26.9 Å². The Kier molecular flexibility index (Phi) is 2.94. The lowest BCUT2D eigenvalue weighted by molar-refractivity contribution is 0.802. The highest BCUT2D eigenvalue weighted by atomic mass is 32.1. The third kappa shape index (κ3) is 2.08. The van der Waals surface area contributed by atoms with Crippen molar-refractivity contribution in [2.75, 3.05) is 12.4 Å². The zero-order chi connectivity index (χ0) is 13.4. The summed E-state index contributed by atoms with van der Waals surface area (Å²) in [5.41, 5.74) is 2.06. The summed E-state index contributed by atoms with van der Waals surface area (Å²) in [6.45, 7) is 4.26. The van der Waals surface area contributed by atoms with E-state index in [0.717, 1.165) is 27.0 Å². The first kappa shape index (κ1) is 12.1. The van der Waals surface area contributed by atoms with Crippen LogP contribution in [0.2, 0.25) is 0 Å². The molecule has 0 aliphatic rings. The average Bonchev–Trinajstić information content (AvgIpc) is 2.98. The van der Waals surface area contributed by atoms with E-state index in [0.29, 0.717) is 5.92 Å². The van der Waals surface area contributed by atoms with E-state index in [1.54, 1.807) is 11.3 Å². The fourth-order valence-electron chi connectivity index (χ4n) is 1.86. The minimum absolute atomic E-state index is 0.406. The molecule has 0 amide bonds. The summed E-state index contributed by atoms with van der Waals surface area (Å²) >= 11 is 1.59. The molecule has 6 heteroatoms. The van der Waals surface area contributed by atoms with Gasteiger partial charge in [0, 0.05) is 24.2 Å². The second kappa shape index (κ2) is 4.62. The van der Waals surface area contributed by atoms with Gasteiger partial charge in [-0.15, -0.1) is 10.2 Å². The number of rotatable bonds is 3. The fourth-order valence-corrected chi connectivity index (χ4v) is 2.70. The van der Waals surface area contributed by atoms with Gasteiger partial charge < -0.3 is 5.32 Å². The molecule has 0 aliphatic heterocycles. The third-order valence-electron chi connectivity index (χ3n) is 2.91. The van der Waals surface area contributed by atoms with Crippen LogP contribution in [-0.2, 0) is 0 Å². The molecule has 0 saturated carbocycles. The average molecular weight is 273 g/mol. The van der Waals surface area contributed by atoms with Crippen molar-refractivity contribution in [2.24, 2.45) is 0 Å². The highest BCUT2D eigenvalue weighted by Gasteiger charge is 2.14. The van der Waals surface area contributed by atoms with Crippen LogP contribution in [0.4, 0.5) is 5.69 Å². The lowest BCUT2D eigenvalue weighted by atomic mass is 10.2. The smallest absolute Gasteiger partial charge is 0.234 e. The van der Waals surface area contributed by atoms with E-state index in [-0.39, 0.29) is 0 Å². The van der Waals surface area contributed by atoms with E-state index in [1.165, 1.54) is 0 Å². The van der Waals surface area contributed by atoms with E-state index in [4.69, 9.17) is 0 Å². The molecule has 2 heterocycles. The van der Waals surface area contributed by atoms with Crippen molar-refractivity contribution in [3.63, 3.8) is 0 Å². The summed E-state index contributed by atoms with van der Waals surface area (Å²) in [5, 5.41) is 17.2.